The highest BCUT2D eigenvalue weighted by atomic mass is 32.1. The SMILES string of the molecule is C/C(=C\c1ccc(CCCC(F)(F)F)s1)C(=O)c1c(O)cc(C(C)CC/C=C/NC(=O)O)oc1=O. The van der Waals surface area contributed by atoms with Crippen molar-refractivity contribution in [2.45, 2.75) is 58.0 Å². The van der Waals surface area contributed by atoms with Gasteiger partial charge in [0.2, 0.25) is 0 Å². The second kappa shape index (κ2) is 12.4. The average Bonchev–Trinajstić information content (AvgIpc) is 3.18. The summed E-state index contributed by atoms with van der Waals surface area (Å²) < 4.78 is 42.2. The molecule has 0 aromatic carbocycles. The number of hydrogen-bond acceptors (Lipinski definition) is 6. The number of hydrogen-bond donors (Lipinski definition) is 3. The number of Topliss-reactive ketones (excluding diaryl/α,β-unsaturated/α-hetero) is 1. The van der Waals surface area contributed by atoms with Gasteiger partial charge in [-0.15, -0.1) is 11.3 Å². The number of alkyl halides is 3. The van der Waals surface area contributed by atoms with Crippen molar-refractivity contribution in [3.05, 3.63) is 67.5 Å². The lowest BCUT2D eigenvalue weighted by Gasteiger charge is -2.11. The topological polar surface area (TPSA) is 117 Å². The zero-order valence-electron chi connectivity index (χ0n) is 19.1. The van der Waals surface area contributed by atoms with Crippen LogP contribution in [-0.4, -0.2) is 28.3 Å². The molecule has 0 saturated carbocycles. The lowest BCUT2D eigenvalue weighted by Crippen LogP contribution is -2.16. The van der Waals surface area contributed by atoms with Gasteiger partial charge in [0.25, 0.3) is 0 Å². The van der Waals surface area contributed by atoms with Crippen LogP contribution in [0.25, 0.3) is 6.08 Å². The number of carbonyl (C=O) groups excluding carboxylic acids is 1. The standard InChI is InChI=1S/C24H26F3NO6S/c1-14(6-3-4-11-28-23(32)33)19-13-18(29)20(22(31)34-19)21(30)15(2)12-17-9-8-16(35-17)7-5-10-24(25,26)27/h4,8-9,11-14,28-29H,3,5-7,10H2,1-2H3,(H,32,33)/b11-4+,15-12+. The molecule has 0 fully saturated rings. The van der Waals surface area contributed by atoms with Crippen molar-refractivity contribution in [3.8, 4) is 5.75 Å². The number of halogens is 3. The second-order valence-electron chi connectivity index (χ2n) is 7.96. The van der Waals surface area contributed by atoms with E-state index in [2.05, 4.69) is 5.32 Å². The highest BCUT2D eigenvalue weighted by Gasteiger charge is 2.26. The number of amides is 1. The molecule has 2 rings (SSSR count). The molecule has 1 atom stereocenters. The predicted molar refractivity (Wildman–Crippen MR) is 126 cm³/mol. The normalized spacial score (nSPS) is 13.2. The van der Waals surface area contributed by atoms with E-state index in [1.165, 1.54) is 36.6 Å². The maximum Gasteiger partial charge on any atom is 0.408 e. The molecule has 0 aliphatic rings. The third-order valence-corrected chi connectivity index (χ3v) is 6.13. The third kappa shape index (κ3) is 9.08. The van der Waals surface area contributed by atoms with Gasteiger partial charge in [0, 0.05) is 34.4 Å². The van der Waals surface area contributed by atoms with Crippen molar-refractivity contribution in [1.29, 1.82) is 0 Å². The van der Waals surface area contributed by atoms with E-state index >= 15 is 0 Å². The monoisotopic (exact) mass is 513 g/mol. The van der Waals surface area contributed by atoms with Crippen LogP contribution in [0.5, 0.6) is 5.75 Å². The Kier molecular flexibility index (Phi) is 9.88. The molecule has 0 saturated heterocycles. The summed E-state index contributed by atoms with van der Waals surface area (Å²) in [4.78, 5) is 37.0. The van der Waals surface area contributed by atoms with E-state index in [1.54, 1.807) is 25.1 Å². The van der Waals surface area contributed by atoms with Crippen molar-refractivity contribution < 1.29 is 37.4 Å². The molecule has 1 unspecified atom stereocenters. The number of allylic oxidation sites excluding steroid dienone is 2. The Morgan fingerprint density at radius 2 is 2.00 bits per heavy atom. The molecule has 7 nitrogen and oxygen atoms in total. The van der Waals surface area contributed by atoms with Crippen molar-refractivity contribution in [1.82, 2.24) is 5.32 Å². The number of rotatable bonds is 11. The second-order valence-corrected chi connectivity index (χ2v) is 9.16. The Morgan fingerprint density at radius 1 is 1.29 bits per heavy atom. The molecule has 190 valence electrons. The van der Waals surface area contributed by atoms with Crippen LogP contribution in [0.2, 0.25) is 0 Å². The van der Waals surface area contributed by atoms with Crippen LogP contribution >= 0.6 is 11.3 Å². The van der Waals surface area contributed by atoms with Gasteiger partial charge < -0.3 is 14.6 Å². The molecule has 3 N–H and O–H groups in total. The van der Waals surface area contributed by atoms with Crippen LogP contribution in [0, 0.1) is 0 Å². The summed E-state index contributed by atoms with van der Waals surface area (Å²) in [6.45, 7) is 3.23. The van der Waals surface area contributed by atoms with Gasteiger partial charge >= 0.3 is 17.9 Å². The molecule has 2 aromatic heterocycles. The summed E-state index contributed by atoms with van der Waals surface area (Å²) in [6, 6.07) is 4.59. The van der Waals surface area contributed by atoms with E-state index < -0.39 is 41.4 Å². The third-order valence-electron chi connectivity index (χ3n) is 5.04. The average molecular weight is 514 g/mol. The van der Waals surface area contributed by atoms with E-state index in [0.717, 1.165) is 4.88 Å². The number of aryl methyl sites for hydroxylation is 1. The van der Waals surface area contributed by atoms with Gasteiger partial charge in [-0.1, -0.05) is 13.0 Å². The highest BCUT2D eigenvalue weighted by molar-refractivity contribution is 7.12. The first kappa shape index (κ1) is 27.9. The van der Waals surface area contributed by atoms with Gasteiger partial charge in [-0.2, -0.15) is 13.2 Å². The van der Waals surface area contributed by atoms with Crippen molar-refractivity contribution >= 4 is 29.3 Å². The molecule has 11 heteroatoms. The molecule has 0 bridgehead atoms. The summed E-state index contributed by atoms with van der Waals surface area (Å²) in [5.74, 6) is -1.33. The molecule has 2 heterocycles. The maximum absolute atomic E-state index is 12.8. The first-order valence-corrected chi connectivity index (χ1v) is 11.6. The number of carboxylic acid groups (broad SMARTS) is 1. The molecule has 0 radical (unpaired) electrons. The number of thiophene rings is 1. The molecular weight excluding hydrogens is 487 g/mol. The van der Waals surface area contributed by atoms with Gasteiger partial charge in [0.1, 0.15) is 17.1 Å². The zero-order valence-corrected chi connectivity index (χ0v) is 20.0. The Labute approximate surface area is 203 Å². The summed E-state index contributed by atoms with van der Waals surface area (Å²) in [5.41, 5.74) is -1.32. The van der Waals surface area contributed by atoms with Crippen molar-refractivity contribution in [2.75, 3.05) is 0 Å². The fourth-order valence-electron chi connectivity index (χ4n) is 3.20. The van der Waals surface area contributed by atoms with Crippen molar-refractivity contribution in [2.24, 2.45) is 0 Å². The van der Waals surface area contributed by atoms with Gasteiger partial charge in [-0.05, 0) is 56.4 Å². The van der Waals surface area contributed by atoms with Crippen LogP contribution < -0.4 is 10.9 Å². The molecule has 1 amide bonds. The Bertz CT molecular complexity index is 1160. The van der Waals surface area contributed by atoms with E-state index in [-0.39, 0.29) is 30.1 Å². The van der Waals surface area contributed by atoms with Crippen molar-refractivity contribution in [3.63, 3.8) is 0 Å². The van der Waals surface area contributed by atoms with Gasteiger partial charge in [0.15, 0.2) is 5.78 Å². The molecule has 35 heavy (non-hydrogen) atoms. The zero-order chi connectivity index (χ0) is 26.2. The fraction of sp³-hybridized carbons (Fsp3) is 0.375. The van der Waals surface area contributed by atoms with Crippen LogP contribution in [-0.2, 0) is 6.42 Å². The first-order chi connectivity index (χ1) is 16.4. The largest absolute Gasteiger partial charge is 0.507 e. The predicted octanol–water partition coefficient (Wildman–Crippen LogP) is 6.24. The number of carbonyl (C=O) groups is 2. The smallest absolute Gasteiger partial charge is 0.408 e. The molecule has 0 aliphatic heterocycles. The quantitative estimate of drug-likeness (QED) is 0.242. The molecule has 2 aromatic rings. The summed E-state index contributed by atoms with van der Waals surface area (Å²) >= 11 is 1.25. The molecule has 0 aliphatic carbocycles. The number of aromatic hydroxyl groups is 1. The van der Waals surface area contributed by atoms with Gasteiger partial charge in [0.05, 0.1) is 0 Å². The van der Waals surface area contributed by atoms with E-state index in [9.17, 15) is 32.7 Å². The van der Waals surface area contributed by atoms with E-state index in [4.69, 9.17) is 9.52 Å². The minimum atomic E-state index is -4.20. The molecule has 0 spiro atoms. The van der Waals surface area contributed by atoms with Crippen LogP contribution in [0.3, 0.4) is 0 Å². The van der Waals surface area contributed by atoms with E-state index in [1.807, 2.05) is 0 Å². The van der Waals surface area contributed by atoms with E-state index in [0.29, 0.717) is 17.7 Å². The first-order valence-electron chi connectivity index (χ1n) is 10.8. The Balaban J connectivity index is 2.07. The Hall–Kier alpha value is -3.34. The number of nitrogens with one attached hydrogen (secondary N) is 1. The minimum Gasteiger partial charge on any atom is -0.507 e. The summed E-state index contributed by atoms with van der Waals surface area (Å²) in [5, 5.41) is 20.9. The minimum absolute atomic E-state index is 0.0275. The van der Waals surface area contributed by atoms with Crippen LogP contribution in [0.4, 0.5) is 18.0 Å². The lowest BCUT2D eigenvalue weighted by molar-refractivity contribution is -0.135. The lowest BCUT2D eigenvalue weighted by atomic mass is 10.00. The molecular formula is C24H26F3NO6S. The van der Waals surface area contributed by atoms with Crippen LogP contribution in [0.1, 0.15) is 71.3 Å². The number of ketones is 1. The fourth-order valence-corrected chi connectivity index (χ4v) is 4.26. The van der Waals surface area contributed by atoms with Crippen LogP contribution in [0.15, 0.2) is 45.3 Å². The highest BCUT2D eigenvalue weighted by Crippen LogP contribution is 2.28. The van der Waals surface area contributed by atoms with Gasteiger partial charge in [-0.25, -0.2) is 9.59 Å². The van der Waals surface area contributed by atoms with Gasteiger partial charge in [-0.3, -0.25) is 10.1 Å². The Morgan fingerprint density at radius 3 is 2.63 bits per heavy atom. The summed E-state index contributed by atoms with van der Waals surface area (Å²) in [7, 11) is 0. The maximum atomic E-state index is 12.8. The summed E-state index contributed by atoms with van der Waals surface area (Å²) in [6.07, 6.45) is -0.654.